The third-order valence-corrected chi connectivity index (χ3v) is 16.1. The molecule has 4 nitrogen and oxygen atoms in total. The molecule has 4 fully saturated rings. The first-order valence-corrected chi connectivity index (χ1v) is 21.2. The van der Waals surface area contributed by atoms with E-state index in [2.05, 4.69) is 80.8 Å². The van der Waals surface area contributed by atoms with Crippen LogP contribution in [0.4, 0.5) is 5.69 Å². The van der Waals surface area contributed by atoms with Gasteiger partial charge >= 0.3 is 0 Å². The highest BCUT2D eigenvalue weighted by molar-refractivity contribution is 5.93. The van der Waals surface area contributed by atoms with Crippen molar-refractivity contribution in [2.45, 2.75) is 136 Å². The van der Waals surface area contributed by atoms with Gasteiger partial charge in [0.25, 0.3) is 0 Å². The summed E-state index contributed by atoms with van der Waals surface area (Å²) in [5.74, 6) is 17.0. The fourth-order valence-electron chi connectivity index (χ4n) is 13.3. The fourth-order valence-corrected chi connectivity index (χ4v) is 13.3. The van der Waals surface area contributed by atoms with Gasteiger partial charge in [-0.05, 0) is 179 Å². The lowest BCUT2D eigenvalue weighted by Gasteiger charge is -2.53. The van der Waals surface area contributed by atoms with Gasteiger partial charge in [0, 0.05) is 49.9 Å². The van der Waals surface area contributed by atoms with Crippen LogP contribution in [0.25, 0.3) is 0 Å². The molecule has 4 heteroatoms. The summed E-state index contributed by atoms with van der Waals surface area (Å²) in [5.41, 5.74) is 10.9. The monoisotopic (exact) mass is 723 g/mol. The smallest absolute Gasteiger partial charge is 0.156 e. The van der Waals surface area contributed by atoms with Gasteiger partial charge in [0.15, 0.2) is 11.6 Å². The van der Waals surface area contributed by atoms with Crippen LogP contribution in [0.1, 0.15) is 135 Å². The Hall–Kier alpha value is -3.60. The highest BCUT2D eigenvalue weighted by atomic mass is 16.3. The fraction of sp³-hybridized carbons (Fsp3) is 0.600. The second-order valence-corrected chi connectivity index (χ2v) is 18.7. The van der Waals surface area contributed by atoms with Crippen molar-refractivity contribution < 1.29 is 14.7 Å². The molecule has 1 aromatic rings. The molecule has 8 aliphatic rings. The first-order chi connectivity index (χ1) is 25.9. The molecule has 0 amide bonds. The van der Waals surface area contributed by atoms with Gasteiger partial charge < -0.3 is 10.0 Å². The maximum absolute atomic E-state index is 12.2. The number of carbonyl (C=O) groups is 2. The Morgan fingerprint density at radius 3 is 2.06 bits per heavy atom. The molecule has 0 bridgehead atoms. The highest BCUT2D eigenvalue weighted by Gasteiger charge is 2.62. The van der Waals surface area contributed by atoms with Crippen LogP contribution < -0.4 is 4.90 Å². The van der Waals surface area contributed by atoms with Crippen LogP contribution in [0.2, 0.25) is 0 Å². The van der Waals surface area contributed by atoms with Crippen molar-refractivity contribution in [3.63, 3.8) is 0 Å². The van der Waals surface area contributed by atoms with Gasteiger partial charge in [-0.15, -0.1) is 11.8 Å². The predicted octanol–water partition coefficient (Wildman–Crippen LogP) is 10.2. The summed E-state index contributed by atoms with van der Waals surface area (Å²) < 4.78 is 0. The second-order valence-electron chi connectivity index (χ2n) is 18.7. The summed E-state index contributed by atoms with van der Waals surface area (Å²) in [4.78, 5) is 26.0. The molecule has 9 rings (SSSR count). The number of aliphatic hydroxyl groups is 1. The maximum atomic E-state index is 12.2. The van der Waals surface area contributed by atoms with Gasteiger partial charge in [-0.3, -0.25) is 9.59 Å². The molecular weight excluding hydrogens is 663 g/mol. The number of ketones is 2. The number of carbonyl (C=O) groups excluding carboxylic acids is 2. The number of hydrogen-bond acceptors (Lipinski definition) is 4. The molecule has 0 aliphatic heterocycles. The minimum Gasteiger partial charge on any atom is -0.378 e. The Labute approximate surface area is 325 Å². The minimum absolute atomic E-state index is 0.221. The van der Waals surface area contributed by atoms with Gasteiger partial charge in [0.1, 0.15) is 5.60 Å². The van der Waals surface area contributed by atoms with E-state index < -0.39 is 5.60 Å². The number of fused-ring (bicyclic) bond motifs is 8. The summed E-state index contributed by atoms with van der Waals surface area (Å²) in [6.45, 7) is 8.65. The van der Waals surface area contributed by atoms with E-state index in [1.807, 2.05) is 26.0 Å². The number of nitrogens with zero attached hydrogens (tertiary/aromatic N) is 1. The lowest BCUT2D eigenvalue weighted by Crippen LogP contribution is -2.51. The van der Waals surface area contributed by atoms with Crippen LogP contribution in [0.5, 0.6) is 0 Å². The second kappa shape index (κ2) is 14.2. The molecule has 284 valence electrons. The van der Waals surface area contributed by atoms with E-state index in [4.69, 9.17) is 0 Å². The quantitative estimate of drug-likeness (QED) is 0.309. The van der Waals surface area contributed by atoms with E-state index in [9.17, 15) is 14.7 Å². The molecule has 1 N–H and O–H groups in total. The van der Waals surface area contributed by atoms with Crippen LogP contribution in [0.3, 0.4) is 0 Å². The normalized spacial score (nSPS) is 37.6. The molecule has 0 spiro atoms. The topological polar surface area (TPSA) is 57.6 Å². The maximum Gasteiger partial charge on any atom is 0.156 e. The number of rotatable bonds is 2. The van der Waals surface area contributed by atoms with Gasteiger partial charge in [-0.1, -0.05) is 49.0 Å². The van der Waals surface area contributed by atoms with Crippen molar-refractivity contribution in [3.8, 4) is 23.7 Å². The van der Waals surface area contributed by atoms with E-state index in [0.29, 0.717) is 35.4 Å². The molecule has 0 aromatic heterocycles. The molecule has 0 heterocycles. The number of hydrogen-bond donors (Lipinski definition) is 1. The SMILES string of the molecule is CC#CC1CC[C@H]2[C@@H]3CCC4=CC(=O)CCC4=C3CC[C@]12C.CC#C[C@]1(O)CC[C@H]2[C@@H]3CCC4=CC(=O)CCC4=C3[C@@H](c3ccc(N(C)C)cc3)C[C@@]21C. The summed E-state index contributed by atoms with van der Waals surface area (Å²) in [6, 6.07) is 8.97. The zero-order valence-electron chi connectivity index (χ0n) is 33.7. The average Bonchev–Trinajstić information content (AvgIpc) is 3.63. The summed E-state index contributed by atoms with van der Waals surface area (Å²) in [5, 5.41) is 11.7. The zero-order valence-corrected chi connectivity index (χ0v) is 33.7. The van der Waals surface area contributed by atoms with E-state index in [0.717, 1.165) is 69.6 Å². The molecule has 54 heavy (non-hydrogen) atoms. The van der Waals surface area contributed by atoms with Crippen LogP contribution >= 0.6 is 0 Å². The van der Waals surface area contributed by atoms with Crippen molar-refractivity contribution >= 4 is 17.3 Å². The molecule has 4 saturated carbocycles. The van der Waals surface area contributed by atoms with E-state index in [1.165, 1.54) is 60.1 Å². The van der Waals surface area contributed by atoms with Crippen molar-refractivity contribution in [3.05, 3.63) is 75.4 Å². The Balaban J connectivity index is 0.000000164. The average molecular weight is 724 g/mol. The summed E-state index contributed by atoms with van der Waals surface area (Å²) >= 11 is 0. The van der Waals surface area contributed by atoms with Crippen molar-refractivity contribution in [2.75, 3.05) is 19.0 Å². The van der Waals surface area contributed by atoms with E-state index in [-0.39, 0.29) is 17.1 Å². The lowest BCUT2D eigenvalue weighted by molar-refractivity contribution is -0.115. The molecule has 9 atom stereocenters. The largest absolute Gasteiger partial charge is 0.378 e. The summed E-state index contributed by atoms with van der Waals surface area (Å²) in [6.07, 6.45) is 19.5. The van der Waals surface area contributed by atoms with Crippen LogP contribution in [-0.4, -0.2) is 36.4 Å². The van der Waals surface area contributed by atoms with Crippen LogP contribution in [-0.2, 0) is 9.59 Å². The van der Waals surface area contributed by atoms with Crippen LogP contribution in [0.15, 0.2) is 69.9 Å². The number of allylic oxidation sites excluding steroid dienone is 8. The summed E-state index contributed by atoms with van der Waals surface area (Å²) in [7, 11) is 4.14. The first kappa shape index (κ1) is 37.3. The minimum atomic E-state index is -0.914. The van der Waals surface area contributed by atoms with E-state index in [1.54, 1.807) is 16.7 Å². The molecule has 1 aromatic carbocycles. The standard InChI is InChI=1S/C29H35NO2.C21H26O/c1-5-15-29(32)16-14-26-24-12-8-20-17-22(31)11-13-23(20)27(24)25(18-28(26,29)2)19-6-9-21(10-7-19)30(3)4;1-3-4-15-6-10-20-19-8-5-14-13-16(22)7-9-17(14)18(19)11-12-21(15,20)2/h6-7,9-10,17,24-26,32H,8,11-14,16,18H2,1-4H3;13,15,19-20H,5-12H2,1-2H3/t24-,25+,26-,28-,29-;15?,19-,20+,21-/m01/s1. The Bertz CT molecular complexity index is 1980. The Morgan fingerprint density at radius 1 is 0.722 bits per heavy atom. The molecule has 0 saturated heterocycles. The molecule has 0 radical (unpaired) electrons. The van der Waals surface area contributed by atoms with Crippen molar-refractivity contribution in [2.24, 2.45) is 40.4 Å². The van der Waals surface area contributed by atoms with Gasteiger partial charge in [-0.2, -0.15) is 0 Å². The predicted molar refractivity (Wildman–Crippen MR) is 219 cm³/mol. The van der Waals surface area contributed by atoms with Gasteiger partial charge in [-0.25, -0.2) is 0 Å². The first-order valence-electron chi connectivity index (χ1n) is 21.2. The van der Waals surface area contributed by atoms with E-state index >= 15 is 0 Å². The molecule has 1 unspecified atom stereocenters. The van der Waals surface area contributed by atoms with Crippen molar-refractivity contribution in [1.29, 1.82) is 0 Å². The lowest BCUT2D eigenvalue weighted by atomic mass is 9.51. The molecule has 8 aliphatic carbocycles. The molecular formula is C50H61NO3. The third kappa shape index (κ3) is 6.02. The van der Waals surface area contributed by atoms with Crippen molar-refractivity contribution in [1.82, 2.24) is 0 Å². The number of anilines is 1. The highest BCUT2D eigenvalue weighted by Crippen LogP contribution is 2.67. The Kier molecular flexibility index (Phi) is 9.79. The Morgan fingerprint density at radius 2 is 1.39 bits per heavy atom. The van der Waals surface area contributed by atoms with Crippen LogP contribution in [0, 0.1) is 64.1 Å². The number of benzene rings is 1. The zero-order chi connectivity index (χ0) is 38.0. The van der Waals surface area contributed by atoms with Gasteiger partial charge in [0.05, 0.1) is 0 Å². The van der Waals surface area contributed by atoms with Gasteiger partial charge in [0.2, 0.25) is 0 Å². The third-order valence-electron chi connectivity index (χ3n) is 16.1.